The van der Waals surface area contributed by atoms with E-state index >= 15 is 0 Å². The highest BCUT2D eigenvalue weighted by atomic mass is 32.2. The molecular weight excluding hydrogens is 394 g/mol. The van der Waals surface area contributed by atoms with Gasteiger partial charge in [0.25, 0.3) is 5.91 Å². The maximum atomic E-state index is 12.6. The van der Waals surface area contributed by atoms with Gasteiger partial charge in [0.15, 0.2) is 5.84 Å². The van der Waals surface area contributed by atoms with Crippen molar-refractivity contribution in [1.29, 1.82) is 5.41 Å². The lowest BCUT2D eigenvalue weighted by atomic mass is 9.98. The van der Waals surface area contributed by atoms with Crippen molar-refractivity contribution in [2.24, 2.45) is 10.1 Å². The highest BCUT2D eigenvalue weighted by Gasteiger charge is 2.34. The van der Waals surface area contributed by atoms with Gasteiger partial charge >= 0.3 is 0 Å². The van der Waals surface area contributed by atoms with E-state index in [9.17, 15) is 4.79 Å². The fourth-order valence-corrected chi connectivity index (χ4v) is 4.50. The third-order valence-corrected chi connectivity index (χ3v) is 6.48. The van der Waals surface area contributed by atoms with Crippen LogP contribution in [0.5, 0.6) is 0 Å². The van der Waals surface area contributed by atoms with E-state index < -0.39 is 5.91 Å². The van der Waals surface area contributed by atoms with E-state index in [0.29, 0.717) is 11.1 Å². The van der Waals surface area contributed by atoms with Crippen LogP contribution in [-0.2, 0) is 4.79 Å². The SMILES string of the molecule is CC[C@H](C)c1ccc(-n2c(C)cc(/C=C3/C(=N)N4N=C(C)SC4=NC3=O)c2C)cc1. The first-order chi connectivity index (χ1) is 14.3. The second-order valence-electron chi connectivity index (χ2n) is 7.70. The quantitative estimate of drug-likeness (QED) is 0.688. The molecule has 30 heavy (non-hydrogen) atoms. The van der Waals surface area contributed by atoms with Gasteiger partial charge in [-0.3, -0.25) is 10.2 Å². The van der Waals surface area contributed by atoms with Crippen molar-refractivity contribution in [2.45, 2.75) is 47.0 Å². The van der Waals surface area contributed by atoms with Gasteiger partial charge in [-0.2, -0.15) is 15.1 Å². The predicted octanol–water partition coefficient (Wildman–Crippen LogP) is 5.25. The normalized spacial score (nSPS) is 18.6. The average molecular weight is 420 g/mol. The number of hydrogen-bond donors (Lipinski definition) is 1. The molecule has 0 saturated carbocycles. The summed E-state index contributed by atoms with van der Waals surface area (Å²) < 4.78 is 2.17. The molecule has 0 fully saturated rings. The summed E-state index contributed by atoms with van der Waals surface area (Å²) in [5.41, 5.74) is 5.66. The molecule has 2 aliphatic rings. The lowest BCUT2D eigenvalue weighted by molar-refractivity contribution is -0.114. The number of aliphatic imine (C=N–C) groups is 1. The Hall–Kier alpha value is -2.93. The number of hydrogen-bond acceptors (Lipinski definition) is 4. The molecule has 6 nitrogen and oxygen atoms in total. The number of rotatable bonds is 4. The highest BCUT2D eigenvalue weighted by Crippen LogP contribution is 2.30. The Morgan fingerprint density at radius 2 is 1.90 bits per heavy atom. The third kappa shape index (κ3) is 3.43. The maximum Gasteiger partial charge on any atom is 0.283 e. The van der Waals surface area contributed by atoms with E-state index in [1.54, 1.807) is 6.08 Å². The summed E-state index contributed by atoms with van der Waals surface area (Å²) in [6.45, 7) is 10.4. The van der Waals surface area contributed by atoms with Crippen LogP contribution in [0.3, 0.4) is 0 Å². The van der Waals surface area contributed by atoms with Crippen LogP contribution >= 0.6 is 11.8 Å². The standard InChI is InChI=1S/C23H25N5OS/c1-6-13(2)17-7-9-19(10-8-17)27-14(3)11-18(15(27)4)12-20-21(24)28-23(25-22(20)29)30-16(5)26-28/h7-13,24H,6H2,1-5H3/b20-12-,24-21?/t13-/m0/s1. The number of aromatic nitrogens is 1. The fourth-order valence-electron chi connectivity index (χ4n) is 3.76. The largest absolute Gasteiger partial charge is 0.318 e. The molecule has 1 N–H and O–H groups in total. The Labute approximate surface area is 180 Å². The molecule has 1 atom stereocenters. The number of benzene rings is 1. The molecule has 1 amide bonds. The number of carbonyl (C=O) groups excluding carboxylic acids is 1. The molecule has 4 rings (SSSR count). The minimum Gasteiger partial charge on any atom is -0.318 e. The Balaban J connectivity index is 1.71. The molecule has 7 heteroatoms. The summed E-state index contributed by atoms with van der Waals surface area (Å²) in [6, 6.07) is 10.7. The number of hydrazone groups is 1. The molecule has 0 bridgehead atoms. The first kappa shape index (κ1) is 20.3. The van der Waals surface area contributed by atoms with Gasteiger partial charge in [0, 0.05) is 17.1 Å². The lowest BCUT2D eigenvalue weighted by Gasteiger charge is -2.20. The van der Waals surface area contributed by atoms with Crippen molar-refractivity contribution in [3.63, 3.8) is 0 Å². The molecule has 2 aliphatic heterocycles. The first-order valence-electron chi connectivity index (χ1n) is 10.1. The zero-order valence-corrected chi connectivity index (χ0v) is 18.7. The summed E-state index contributed by atoms with van der Waals surface area (Å²) >= 11 is 1.31. The number of nitrogens with one attached hydrogen (secondary N) is 1. The van der Waals surface area contributed by atoms with Crippen LogP contribution in [0.4, 0.5) is 0 Å². The van der Waals surface area contributed by atoms with Gasteiger partial charge in [0.1, 0.15) is 0 Å². The van der Waals surface area contributed by atoms with Crippen LogP contribution in [0.2, 0.25) is 0 Å². The van der Waals surface area contributed by atoms with Crippen molar-refractivity contribution in [1.82, 2.24) is 9.58 Å². The Kier molecular flexibility index (Phi) is 5.24. The van der Waals surface area contributed by atoms with Crippen LogP contribution < -0.4 is 0 Å². The Morgan fingerprint density at radius 1 is 1.20 bits per heavy atom. The molecule has 3 heterocycles. The summed E-state index contributed by atoms with van der Waals surface area (Å²) in [7, 11) is 0. The minimum absolute atomic E-state index is 0.0667. The Morgan fingerprint density at radius 3 is 2.57 bits per heavy atom. The third-order valence-electron chi connectivity index (χ3n) is 5.66. The number of amides is 1. The van der Waals surface area contributed by atoms with E-state index in [1.807, 2.05) is 26.8 Å². The summed E-state index contributed by atoms with van der Waals surface area (Å²) in [4.78, 5) is 16.7. The second kappa shape index (κ2) is 7.72. The number of carbonyl (C=O) groups is 1. The van der Waals surface area contributed by atoms with Gasteiger partial charge in [-0.1, -0.05) is 26.0 Å². The molecule has 0 spiro atoms. The molecular formula is C23H25N5OS. The lowest BCUT2D eigenvalue weighted by Crippen LogP contribution is -2.35. The van der Waals surface area contributed by atoms with Crippen LogP contribution in [0.25, 0.3) is 11.8 Å². The molecule has 0 unspecified atom stereocenters. The van der Waals surface area contributed by atoms with E-state index in [0.717, 1.165) is 34.1 Å². The minimum atomic E-state index is -0.397. The smallest absolute Gasteiger partial charge is 0.283 e. The summed E-state index contributed by atoms with van der Waals surface area (Å²) in [5.74, 6) is 0.207. The second-order valence-corrected chi connectivity index (χ2v) is 8.86. The number of thioether (sulfide) groups is 1. The van der Waals surface area contributed by atoms with Crippen LogP contribution in [-0.4, -0.2) is 31.5 Å². The van der Waals surface area contributed by atoms with E-state index in [1.165, 1.54) is 22.3 Å². The zero-order valence-electron chi connectivity index (χ0n) is 17.9. The van der Waals surface area contributed by atoms with Crippen LogP contribution in [0.1, 0.15) is 55.6 Å². The highest BCUT2D eigenvalue weighted by molar-refractivity contribution is 8.26. The van der Waals surface area contributed by atoms with Crippen LogP contribution in [0.15, 0.2) is 46.0 Å². The van der Waals surface area contributed by atoms with Gasteiger partial charge in [-0.05, 0) is 80.3 Å². The van der Waals surface area contributed by atoms with Crippen molar-refractivity contribution in [3.05, 3.63) is 58.4 Å². The molecule has 0 saturated heterocycles. The number of aryl methyl sites for hydroxylation is 1. The van der Waals surface area contributed by atoms with Crippen molar-refractivity contribution in [3.8, 4) is 5.69 Å². The summed E-state index contributed by atoms with van der Waals surface area (Å²) in [6.07, 6.45) is 2.87. The van der Waals surface area contributed by atoms with E-state index in [4.69, 9.17) is 5.41 Å². The Bertz CT molecular complexity index is 1140. The fraction of sp³-hybridized carbons (Fsp3) is 0.304. The molecule has 2 aromatic rings. The van der Waals surface area contributed by atoms with Gasteiger partial charge < -0.3 is 4.57 Å². The monoisotopic (exact) mass is 419 g/mol. The zero-order chi connectivity index (χ0) is 21.6. The topological polar surface area (TPSA) is 73.8 Å². The molecule has 1 aromatic heterocycles. The van der Waals surface area contributed by atoms with Gasteiger partial charge in [0.2, 0.25) is 5.17 Å². The van der Waals surface area contributed by atoms with Gasteiger partial charge in [-0.25, -0.2) is 0 Å². The van der Waals surface area contributed by atoms with Gasteiger partial charge in [0.05, 0.1) is 10.6 Å². The van der Waals surface area contributed by atoms with Crippen LogP contribution in [0, 0.1) is 19.3 Å². The average Bonchev–Trinajstić information content (AvgIpc) is 3.23. The summed E-state index contributed by atoms with van der Waals surface area (Å²) in [5, 5.41) is 15.4. The number of nitrogens with zero attached hydrogens (tertiary/aromatic N) is 4. The molecule has 0 aliphatic carbocycles. The van der Waals surface area contributed by atoms with E-state index in [-0.39, 0.29) is 11.4 Å². The predicted molar refractivity (Wildman–Crippen MR) is 125 cm³/mol. The number of fused-ring (bicyclic) bond motifs is 1. The molecule has 154 valence electrons. The van der Waals surface area contributed by atoms with E-state index in [2.05, 4.69) is 52.8 Å². The van der Waals surface area contributed by atoms with Crippen molar-refractivity contribution < 1.29 is 4.79 Å². The maximum absolute atomic E-state index is 12.6. The van der Waals surface area contributed by atoms with Crippen molar-refractivity contribution >= 4 is 39.8 Å². The first-order valence-corrected chi connectivity index (χ1v) is 10.9. The molecule has 0 radical (unpaired) electrons. The van der Waals surface area contributed by atoms with Gasteiger partial charge in [-0.15, -0.1) is 0 Å². The molecule has 1 aromatic carbocycles. The van der Waals surface area contributed by atoms with Crippen molar-refractivity contribution in [2.75, 3.05) is 0 Å². The number of amidine groups is 2.